The van der Waals surface area contributed by atoms with Gasteiger partial charge in [0.1, 0.15) is 17.5 Å². The maximum atomic E-state index is 12.7. The Morgan fingerprint density at radius 2 is 1.83 bits per heavy atom. The third kappa shape index (κ3) is 6.42. The monoisotopic (exact) mass is 514 g/mol. The number of amides is 1. The summed E-state index contributed by atoms with van der Waals surface area (Å²) in [7, 11) is -4.08. The molecule has 0 unspecified atom stereocenters. The van der Waals surface area contributed by atoms with Crippen molar-refractivity contribution in [3.8, 4) is 5.75 Å². The predicted octanol–water partition coefficient (Wildman–Crippen LogP) is 2.02. The Morgan fingerprint density at radius 3 is 2.53 bits per heavy atom. The predicted molar refractivity (Wildman–Crippen MR) is 135 cm³/mol. The largest absolute Gasteiger partial charge is 0.493 e. The summed E-state index contributed by atoms with van der Waals surface area (Å²) in [5.41, 5.74) is 1.82. The molecule has 1 amide bonds. The molecule has 11 heteroatoms. The number of carboxylic acid groups (broad SMARTS) is 1. The lowest BCUT2D eigenvalue weighted by atomic mass is 9.99. The smallest absolute Gasteiger partial charge is 0.323 e. The number of hydrogen-bond acceptors (Lipinski definition) is 6. The second-order valence-corrected chi connectivity index (χ2v) is 10.7. The number of aromatic amines is 1. The fraction of sp³-hybridized carbons (Fsp3) is 0.360. The van der Waals surface area contributed by atoms with Gasteiger partial charge in [0.25, 0.3) is 5.91 Å². The number of rotatable bonds is 10. The van der Waals surface area contributed by atoms with Gasteiger partial charge in [0, 0.05) is 17.4 Å². The van der Waals surface area contributed by atoms with E-state index in [1.165, 1.54) is 12.1 Å². The number of aliphatic carboxylic acids is 1. The van der Waals surface area contributed by atoms with Gasteiger partial charge in [-0.1, -0.05) is 17.7 Å². The maximum Gasteiger partial charge on any atom is 0.323 e. The van der Waals surface area contributed by atoms with Crippen molar-refractivity contribution >= 4 is 32.8 Å². The van der Waals surface area contributed by atoms with Crippen LogP contribution in [-0.2, 0) is 14.8 Å². The van der Waals surface area contributed by atoms with Crippen LogP contribution in [0.25, 0.3) is 10.9 Å². The third-order valence-corrected chi connectivity index (χ3v) is 7.66. The minimum Gasteiger partial charge on any atom is -0.493 e. The van der Waals surface area contributed by atoms with Crippen molar-refractivity contribution in [2.24, 2.45) is 5.92 Å². The van der Waals surface area contributed by atoms with Crippen LogP contribution in [0.2, 0.25) is 0 Å². The number of piperidine rings is 1. The van der Waals surface area contributed by atoms with E-state index in [9.17, 15) is 23.1 Å². The summed E-state index contributed by atoms with van der Waals surface area (Å²) in [5.74, 6) is -0.731. The molecule has 2 aromatic carbocycles. The first-order chi connectivity index (χ1) is 17.2. The molecule has 0 spiro atoms. The lowest BCUT2D eigenvalue weighted by Crippen LogP contribution is -2.48. The Bertz CT molecular complexity index is 1330. The number of nitrogens with one attached hydrogen (secondary N) is 4. The first kappa shape index (κ1) is 25.7. The quantitative estimate of drug-likeness (QED) is 0.278. The molecule has 1 aliphatic heterocycles. The number of carbonyl (C=O) groups excluding carboxylic acids is 1. The van der Waals surface area contributed by atoms with E-state index < -0.39 is 34.5 Å². The zero-order valence-corrected chi connectivity index (χ0v) is 20.7. The Hall–Kier alpha value is -3.41. The number of H-pyrrole nitrogens is 1. The number of ether oxygens (including phenoxy) is 1. The maximum absolute atomic E-state index is 12.7. The number of aromatic nitrogens is 1. The normalized spacial score (nSPS) is 15.5. The van der Waals surface area contributed by atoms with Crippen LogP contribution in [0.1, 0.15) is 28.9 Å². The van der Waals surface area contributed by atoms with Crippen molar-refractivity contribution < 1.29 is 27.9 Å². The van der Waals surface area contributed by atoms with Crippen LogP contribution in [0.3, 0.4) is 0 Å². The molecule has 1 aliphatic rings. The van der Waals surface area contributed by atoms with Gasteiger partial charge in [-0.3, -0.25) is 9.59 Å². The van der Waals surface area contributed by atoms with E-state index in [1.807, 2.05) is 25.1 Å². The van der Waals surface area contributed by atoms with E-state index in [1.54, 1.807) is 18.2 Å². The molecule has 0 aliphatic carbocycles. The second kappa shape index (κ2) is 11.1. The van der Waals surface area contributed by atoms with Gasteiger partial charge >= 0.3 is 5.97 Å². The van der Waals surface area contributed by atoms with Gasteiger partial charge in [0.05, 0.1) is 11.5 Å². The standard InChI is InChI=1S/C25H30N4O6S/c1-16-2-5-20(6-3-16)36(33,34)29-23(25(31)32)14-27-24(30)22-13-18-12-19(4-7-21(18)28-22)35-15-17-8-10-26-11-9-17/h2-7,12-13,17,23,26,28-29H,8-11,14-15H2,1H3,(H,27,30)(H,31,32)/t23-/m0/s1. The highest BCUT2D eigenvalue weighted by Gasteiger charge is 2.26. The number of sulfonamides is 1. The first-order valence-corrected chi connectivity index (χ1v) is 13.3. The summed E-state index contributed by atoms with van der Waals surface area (Å²) in [6.07, 6.45) is 2.16. The summed E-state index contributed by atoms with van der Waals surface area (Å²) in [4.78, 5) is 27.3. The van der Waals surface area contributed by atoms with Crippen LogP contribution in [0.5, 0.6) is 5.75 Å². The number of hydrogen-bond donors (Lipinski definition) is 5. The summed E-state index contributed by atoms with van der Waals surface area (Å²) in [6, 6.07) is 11.6. The van der Waals surface area contributed by atoms with E-state index in [-0.39, 0.29) is 10.6 Å². The van der Waals surface area contributed by atoms with Crippen molar-refractivity contribution in [1.29, 1.82) is 0 Å². The van der Waals surface area contributed by atoms with E-state index in [2.05, 4.69) is 20.3 Å². The zero-order valence-electron chi connectivity index (χ0n) is 19.9. The SMILES string of the molecule is Cc1ccc(S(=O)(=O)N[C@@H](CNC(=O)c2cc3cc(OCC4CCNCC4)ccc3[nH]2)C(=O)O)cc1. The average molecular weight is 515 g/mol. The number of carbonyl (C=O) groups is 2. The van der Waals surface area contributed by atoms with Gasteiger partial charge in [0.2, 0.25) is 10.0 Å². The van der Waals surface area contributed by atoms with Gasteiger partial charge in [-0.25, -0.2) is 8.42 Å². The molecule has 3 aromatic rings. The molecular formula is C25H30N4O6S. The third-order valence-electron chi connectivity index (χ3n) is 6.17. The molecule has 36 heavy (non-hydrogen) atoms. The van der Waals surface area contributed by atoms with Crippen molar-refractivity contribution in [2.45, 2.75) is 30.7 Å². The number of benzene rings is 2. The molecule has 2 heterocycles. The molecule has 1 aromatic heterocycles. The number of fused-ring (bicyclic) bond motifs is 1. The highest BCUT2D eigenvalue weighted by atomic mass is 32.2. The van der Waals surface area contributed by atoms with Gasteiger partial charge in [-0.2, -0.15) is 4.72 Å². The Balaban J connectivity index is 1.37. The van der Waals surface area contributed by atoms with Gasteiger partial charge in [0.15, 0.2) is 0 Å². The summed E-state index contributed by atoms with van der Waals surface area (Å²) in [6.45, 7) is 4.02. The van der Waals surface area contributed by atoms with E-state index in [0.717, 1.165) is 42.4 Å². The minimum absolute atomic E-state index is 0.0560. The lowest BCUT2D eigenvalue weighted by Gasteiger charge is -2.22. The van der Waals surface area contributed by atoms with Crippen LogP contribution < -0.4 is 20.1 Å². The molecule has 0 saturated carbocycles. The van der Waals surface area contributed by atoms with E-state index in [0.29, 0.717) is 18.3 Å². The fourth-order valence-corrected chi connectivity index (χ4v) is 5.22. The number of aryl methyl sites for hydroxylation is 1. The van der Waals surface area contributed by atoms with Crippen molar-refractivity contribution in [2.75, 3.05) is 26.2 Å². The van der Waals surface area contributed by atoms with E-state index >= 15 is 0 Å². The molecule has 10 nitrogen and oxygen atoms in total. The highest BCUT2D eigenvalue weighted by molar-refractivity contribution is 7.89. The highest BCUT2D eigenvalue weighted by Crippen LogP contribution is 2.23. The zero-order chi connectivity index (χ0) is 25.7. The average Bonchev–Trinajstić information content (AvgIpc) is 3.29. The van der Waals surface area contributed by atoms with Crippen LogP contribution in [0.4, 0.5) is 0 Å². The first-order valence-electron chi connectivity index (χ1n) is 11.8. The van der Waals surface area contributed by atoms with Crippen molar-refractivity contribution in [3.63, 3.8) is 0 Å². The van der Waals surface area contributed by atoms with Crippen molar-refractivity contribution in [1.82, 2.24) is 20.3 Å². The molecule has 0 radical (unpaired) electrons. The summed E-state index contributed by atoms with van der Waals surface area (Å²) >= 11 is 0. The van der Waals surface area contributed by atoms with Crippen LogP contribution in [0.15, 0.2) is 53.4 Å². The Labute approximate surface area is 209 Å². The van der Waals surface area contributed by atoms with Gasteiger partial charge in [-0.15, -0.1) is 0 Å². The summed E-state index contributed by atoms with van der Waals surface area (Å²) < 4.78 is 33.2. The lowest BCUT2D eigenvalue weighted by molar-refractivity contribution is -0.138. The van der Waals surface area contributed by atoms with Crippen LogP contribution >= 0.6 is 0 Å². The Kier molecular flexibility index (Phi) is 7.92. The van der Waals surface area contributed by atoms with Crippen LogP contribution in [-0.4, -0.2) is 62.7 Å². The van der Waals surface area contributed by atoms with Gasteiger partial charge < -0.3 is 25.5 Å². The minimum atomic E-state index is -4.08. The summed E-state index contributed by atoms with van der Waals surface area (Å²) in [5, 5.41) is 16.1. The van der Waals surface area contributed by atoms with Gasteiger partial charge in [-0.05, 0) is 75.2 Å². The Morgan fingerprint density at radius 1 is 1.11 bits per heavy atom. The molecule has 4 rings (SSSR count). The molecule has 1 fully saturated rings. The molecule has 1 atom stereocenters. The molecule has 0 bridgehead atoms. The van der Waals surface area contributed by atoms with Crippen molar-refractivity contribution in [3.05, 3.63) is 59.8 Å². The molecule has 192 valence electrons. The fourth-order valence-electron chi connectivity index (χ4n) is 4.03. The van der Waals surface area contributed by atoms with Crippen LogP contribution in [0, 0.1) is 12.8 Å². The number of carboxylic acids is 1. The topological polar surface area (TPSA) is 150 Å². The van der Waals surface area contributed by atoms with E-state index in [4.69, 9.17) is 4.74 Å². The molecule has 1 saturated heterocycles. The second-order valence-electron chi connectivity index (χ2n) is 8.97. The molecular weight excluding hydrogens is 484 g/mol. The molecule has 5 N–H and O–H groups in total.